The third kappa shape index (κ3) is 2.36. The Morgan fingerprint density at radius 3 is 2.59 bits per heavy atom. The van der Waals surface area contributed by atoms with Gasteiger partial charge in [-0.15, -0.1) is 0 Å². The van der Waals surface area contributed by atoms with Gasteiger partial charge in [0.05, 0.1) is 6.04 Å². The number of carboxylic acids is 1. The normalized spacial score (nSPS) is 20.4. The van der Waals surface area contributed by atoms with Crippen molar-refractivity contribution in [2.24, 2.45) is 0 Å². The number of hydrogen-bond acceptors (Lipinski definition) is 3. The first kappa shape index (κ1) is 12.2. The SMILES string of the molecule is Cc1ccc(C(C)NC2(C(=O)O)CCCC2)o1. The van der Waals surface area contributed by atoms with Crippen molar-refractivity contribution in [2.45, 2.75) is 51.1 Å². The minimum atomic E-state index is -0.764. The zero-order chi connectivity index (χ0) is 12.5. The second kappa shape index (κ2) is 4.53. The summed E-state index contributed by atoms with van der Waals surface area (Å²) in [5.74, 6) is 0.907. The first-order chi connectivity index (χ1) is 8.03. The Morgan fingerprint density at radius 2 is 2.12 bits per heavy atom. The molecule has 2 N–H and O–H groups in total. The molecule has 1 aliphatic rings. The molecule has 0 radical (unpaired) electrons. The monoisotopic (exact) mass is 237 g/mol. The van der Waals surface area contributed by atoms with Crippen molar-refractivity contribution >= 4 is 5.97 Å². The van der Waals surface area contributed by atoms with Gasteiger partial charge < -0.3 is 9.52 Å². The van der Waals surface area contributed by atoms with Gasteiger partial charge in [0.2, 0.25) is 0 Å². The van der Waals surface area contributed by atoms with Gasteiger partial charge in [0.1, 0.15) is 17.1 Å². The van der Waals surface area contributed by atoms with E-state index in [1.165, 1.54) is 0 Å². The highest BCUT2D eigenvalue weighted by atomic mass is 16.4. The van der Waals surface area contributed by atoms with E-state index in [9.17, 15) is 9.90 Å². The number of nitrogens with one attached hydrogen (secondary N) is 1. The van der Waals surface area contributed by atoms with Gasteiger partial charge in [0.25, 0.3) is 0 Å². The van der Waals surface area contributed by atoms with Crippen LogP contribution in [-0.2, 0) is 4.79 Å². The highest BCUT2D eigenvalue weighted by Gasteiger charge is 2.42. The lowest BCUT2D eigenvalue weighted by Crippen LogP contribution is -2.50. The highest BCUT2D eigenvalue weighted by Crippen LogP contribution is 2.32. The standard InChI is InChI=1S/C13H19NO3/c1-9-5-6-11(17-9)10(2)14-13(12(15)16)7-3-4-8-13/h5-6,10,14H,3-4,7-8H2,1-2H3,(H,15,16). The van der Waals surface area contributed by atoms with Crippen LogP contribution in [0.15, 0.2) is 16.5 Å². The molecular formula is C13H19NO3. The first-order valence-corrected chi connectivity index (χ1v) is 6.11. The number of carbonyl (C=O) groups is 1. The van der Waals surface area contributed by atoms with E-state index >= 15 is 0 Å². The molecule has 1 unspecified atom stereocenters. The molecule has 17 heavy (non-hydrogen) atoms. The molecule has 0 aromatic carbocycles. The van der Waals surface area contributed by atoms with Crippen LogP contribution in [0.4, 0.5) is 0 Å². The molecule has 4 heteroatoms. The molecule has 1 saturated carbocycles. The van der Waals surface area contributed by atoms with Crippen molar-refractivity contribution in [1.82, 2.24) is 5.32 Å². The summed E-state index contributed by atoms with van der Waals surface area (Å²) >= 11 is 0. The predicted octanol–water partition coefficient (Wildman–Crippen LogP) is 2.64. The van der Waals surface area contributed by atoms with Crippen LogP contribution >= 0.6 is 0 Å². The second-order valence-corrected chi connectivity index (χ2v) is 4.91. The van der Waals surface area contributed by atoms with Crippen molar-refractivity contribution in [3.63, 3.8) is 0 Å². The molecule has 0 spiro atoms. The summed E-state index contributed by atoms with van der Waals surface area (Å²) in [6, 6.07) is 3.73. The van der Waals surface area contributed by atoms with Crippen molar-refractivity contribution < 1.29 is 14.3 Å². The van der Waals surface area contributed by atoms with Crippen LogP contribution in [0.3, 0.4) is 0 Å². The quantitative estimate of drug-likeness (QED) is 0.845. The number of aliphatic carboxylic acids is 1. The minimum absolute atomic E-state index is 0.0714. The summed E-state index contributed by atoms with van der Waals surface area (Å²) in [4.78, 5) is 11.4. The lowest BCUT2D eigenvalue weighted by atomic mass is 9.96. The van der Waals surface area contributed by atoms with E-state index in [2.05, 4.69) is 5.32 Å². The van der Waals surface area contributed by atoms with Crippen LogP contribution in [0.2, 0.25) is 0 Å². The summed E-state index contributed by atoms with van der Waals surface area (Å²) in [5.41, 5.74) is -0.764. The van der Waals surface area contributed by atoms with Gasteiger partial charge in [0, 0.05) is 0 Å². The second-order valence-electron chi connectivity index (χ2n) is 4.91. The molecule has 0 saturated heterocycles. The Balaban J connectivity index is 2.11. The maximum Gasteiger partial charge on any atom is 0.323 e. The van der Waals surface area contributed by atoms with Crippen molar-refractivity contribution in [2.75, 3.05) is 0 Å². The smallest absolute Gasteiger partial charge is 0.323 e. The summed E-state index contributed by atoms with van der Waals surface area (Å²) < 4.78 is 5.52. The summed E-state index contributed by atoms with van der Waals surface area (Å²) in [5, 5.41) is 12.6. The molecule has 1 aliphatic carbocycles. The van der Waals surface area contributed by atoms with Crippen LogP contribution in [0.5, 0.6) is 0 Å². The van der Waals surface area contributed by atoms with E-state index in [1.807, 2.05) is 26.0 Å². The van der Waals surface area contributed by atoms with Gasteiger partial charge >= 0.3 is 5.97 Å². The average molecular weight is 237 g/mol. The topological polar surface area (TPSA) is 62.5 Å². The maximum atomic E-state index is 11.4. The fourth-order valence-corrected chi connectivity index (χ4v) is 2.57. The lowest BCUT2D eigenvalue weighted by Gasteiger charge is -2.28. The lowest BCUT2D eigenvalue weighted by molar-refractivity contribution is -0.145. The summed E-state index contributed by atoms with van der Waals surface area (Å²) in [6.07, 6.45) is 3.35. The van der Waals surface area contributed by atoms with E-state index in [4.69, 9.17) is 4.42 Å². The number of carboxylic acid groups (broad SMARTS) is 1. The zero-order valence-electron chi connectivity index (χ0n) is 10.3. The van der Waals surface area contributed by atoms with Crippen LogP contribution in [-0.4, -0.2) is 16.6 Å². The van der Waals surface area contributed by atoms with Crippen LogP contribution < -0.4 is 5.32 Å². The summed E-state index contributed by atoms with van der Waals surface area (Å²) in [6.45, 7) is 3.83. The third-order valence-electron chi connectivity index (χ3n) is 3.55. The van der Waals surface area contributed by atoms with Gasteiger partial charge in [-0.1, -0.05) is 12.8 Å². The molecule has 1 heterocycles. The molecule has 1 fully saturated rings. The molecular weight excluding hydrogens is 218 g/mol. The van der Waals surface area contributed by atoms with Crippen LogP contribution in [0.25, 0.3) is 0 Å². The number of hydrogen-bond donors (Lipinski definition) is 2. The van der Waals surface area contributed by atoms with E-state index in [0.29, 0.717) is 12.8 Å². The fourth-order valence-electron chi connectivity index (χ4n) is 2.57. The molecule has 0 aliphatic heterocycles. The van der Waals surface area contributed by atoms with Crippen molar-refractivity contribution in [3.8, 4) is 0 Å². The van der Waals surface area contributed by atoms with E-state index in [1.54, 1.807) is 0 Å². The molecule has 1 aromatic heterocycles. The molecule has 4 nitrogen and oxygen atoms in total. The molecule has 94 valence electrons. The average Bonchev–Trinajstić information content (AvgIpc) is 2.87. The van der Waals surface area contributed by atoms with Gasteiger partial charge in [0.15, 0.2) is 0 Å². The molecule has 1 aromatic rings. The van der Waals surface area contributed by atoms with E-state index in [0.717, 1.165) is 24.4 Å². The molecule has 0 amide bonds. The van der Waals surface area contributed by atoms with E-state index < -0.39 is 11.5 Å². The molecule has 1 atom stereocenters. The Hall–Kier alpha value is -1.29. The van der Waals surface area contributed by atoms with Crippen LogP contribution in [0, 0.1) is 6.92 Å². The minimum Gasteiger partial charge on any atom is -0.480 e. The number of aryl methyl sites for hydroxylation is 1. The Labute approximate surface area is 101 Å². The van der Waals surface area contributed by atoms with Gasteiger partial charge in [-0.3, -0.25) is 10.1 Å². The van der Waals surface area contributed by atoms with Gasteiger partial charge in [-0.2, -0.15) is 0 Å². The van der Waals surface area contributed by atoms with Crippen LogP contribution in [0.1, 0.15) is 50.2 Å². The Kier molecular flexibility index (Phi) is 3.24. The molecule has 0 bridgehead atoms. The first-order valence-electron chi connectivity index (χ1n) is 6.11. The van der Waals surface area contributed by atoms with Crippen molar-refractivity contribution in [1.29, 1.82) is 0 Å². The third-order valence-corrected chi connectivity index (χ3v) is 3.55. The molecule has 2 rings (SSSR count). The van der Waals surface area contributed by atoms with Crippen molar-refractivity contribution in [3.05, 3.63) is 23.7 Å². The summed E-state index contributed by atoms with van der Waals surface area (Å²) in [7, 11) is 0. The predicted molar refractivity (Wildman–Crippen MR) is 63.8 cm³/mol. The maximum absolute atomic E-state index is 11.4. The Bertz CT molecular complexity index is 405. The zero-order valence-corrected chi connectivity index (χ0v) is 10.3. The number of furan rings is 1. The van der Waals surface area contributed by atoms with E-state index in [-0.39, 0.29) is 6.04 Å². The Morgan fingerprint density at radius 1 is 1.47 bits per heavy atom. The number of rotatable bonds is 4. The largest absolute Gasteiger partial charge is 0.480 e. The fraction of sp³-hybridized carbons (Fsp3) is 0.615. The van der Waals surface area contributed by atoms with Gasteiger partial charge in [-0.25, -0.2) is 0 Å². The highest BCUT2D eigenvalue weighted by molar-refractivity contribution is 5.79. The van der Waals surface area contributed by atoms with Gasteiger partial charge in [-0.05, 0) is 38.8 Å².